The van der Waals surface area contributed by atoms with Gasteiger partial charge in [-0.2, -0.15) is 0 Å². The Morgan fingerprint density at radius 2 is 1.42 bits per heavy atom. The number of nitrogens with one attached hydrogen (secondary N) is 1. The smallest absolute Gasteiger partial charge is 0.242 e. The zero-order valence-corrected chi connectivity index (χ0v) is 16.1. The molecule has 0 heterocycles. The van der Waals surface area contributed by atoms with Gasteiger partial charge in [-0.3, -0.25) is 9.59 Å². The van der Waals surface area contributed by atoms with E-state index in [9.17, 15) is 9.59 Å². The van der Waals surface area contributed by atoms with Crippen LogP contribution in [-0.2, 0) is 22.6 Å². The van der Waals surface area contributed by atoms with Gasteiger partial charge in [0.05, 0.1) is 6.42 Å². The highest BCUT2D eigenvalue weighted by Crippen LogP contribution is 2.15. The van der Waals surface area contributed by atoms with Crippen LogP contribution in [0.1, 0.15) is 35.6 Å². The fourth-order valence-electron chi connectivity index (χ4n) is 2.96. The number of benzene rings is 2. The lowest BCUT2D eigenvalue weighted by molar-refractivity contribution is -0.140. The minimum atomic E-state index is -0.473. The van der Waals surface area contributed by atoms with Gasteiger partial charge in [-0.1, -0.05) is 66.6 Å². The van der Waals surface area contributed by atoms with Crippen molar-refractivity contribution in [3.63, 3.8) is 0 Å². The summed E-state index contributed by atoms with van der Waals surface area (Å²) in [7, 11) is 1.61. The van der Waals surface area contributed by atoms with E-state index in [1.165, 1.54) is 5.56 Å². The van der Waals surface area contributed by atoms with Crippen LogP contribution >= 0.6 is 0 Å². The highest BCUT2D eigenvalue weighted by molar-refractivity contribution is 5.88. The molecule has 0 aliphatic heterocycles. The number of amides is 2. The van der Waals surface area contributed by atoms with E-state index in [0.29, 0.717) is 19.4 Å². The molecule has 0 saturated heterocycles. The minimum Gasteiger partial charge on any atom is -0.357 e. The number of carbonyl (C=O) groups is 2. The molecule has 4 heteroatoms. The molecule has 138 valence electrons. The SMILES string of the molecule is CCC(C(=O)NC)N(Cc1ccc(C)cc1)C(=O)Cc1ccc(C)cc1. The number of hydrogen-bond donors (Lipinski definition) is 1. The van der Waals surface area contributed by atoms with E-state index in [1.54, 1.807) is 11.9 Å². The molecule has 0 radical (unpaired) electrons. The summed E-state index contributed by atoms with van der Waals surface area (Å²) in [5.74, 6) is -0.165. The summed E-state index contributed by atoms with van der Waals surface area (Å²) >= 11 is 0. The molecule has 1 N–H and O–H groups in total. The molecule has 26 heavy (non-hydrogen) atoms. The zero-order chi connectivity index (χ0) is 19.1. The van der Waals surface area contributed by atoms with Crippen molar-refractivity contribution >= 4 is 11.8 Å². The molecule has 2 aromatic rings. The van der Waals surface area contributed by atoms with Crippen LogP contribution in [0.15, 0.2) is 48.5 Å². The summed E-state index contributed by atoms with van der Waals surface area (Å²) in [6, 6.07) is 15.6. The summed E-state index contributed by atoms with van der Waals surface area (Å²) < 4.78 is 0. The second-order valence-corrected chi connectivity index (χ2v) is 6.71. The van der Waals surface area contributed by atoms with Gasteiger partial charge in [0.1, 0.15) is 6.04 Å². The second kappa shape index (κ2) is 9.18. The van der Waals surface area contributed by atoms with Gasteiger partial charge >= 0.3 is 0 Å². The lowest BCUT2D eigenvalue weighted by Gasteiger charge is -2.30. The van der Waals surface area contributed by atoms with Crippen LogP contribution in [0.25, 0.3) is 0 Å². The van der Waals surface area contributed by atoms with Gasteiger partial charge in [0.2, 0.25) is 11.8 Å². The zero-order valence-electron chi connectivity index (χ0n) is 16.1. The number of nitrogens with zero attached hydrogens (tertiary/aromatic N) is 1. The molecule has 2 amide bonds. The maximum atomic E-state index is 13.0. The normalized spacial score (nSPS) is 11.7. The molecule has 0 bridgehead atoms. The maximum Gasteiger partial charge on any atom is 0.242 e. The fraction of sp³-hybridized carbons (Fsp3) is 0.364. The first-order chi connectivity index (χ1) is 12.4. The van der Waals surface area contributed by atoms with E-state index in [2.05, 4.69) is 5.32 Å². The van der Waals surface area contributed by atoms with Gasteiger partial charge in [-0.15, -0.1) is 0 Å². The Balaban J connectivity index is 2.25. The van der Waals surface area contributed by atoms with Crippen molar-refractivity contribution in [2.45, 2.75) is 46.2 Å². The van der Waals surface area contributed by atoms with E-state index in [-0.39, 0.29) is 11.8 Å². The topological polar surface area (TPSA) is 49.4 Å². The average Bonchev–Trinajstić information content (AvgIpc) is 2.64. The van der Waals surface area contributed by atoms with E-state index in [1.807, 2.05) is 69.3 Å². The van der Waals surface area contributed by atoms with E-state index in [0.717, 1.165) is 16.7 Å². The fourth-order valence-corrected chi connectivity index (χ4v) is 2.96. The first kappa shape index (κ1) is 19.7. The van der Waals surface area contributed by atoms with Crippen molar-refractivity contribution in [1.29, 1.82) is 0 Å². The Bertz CT molecular complexity index is 736. The molecule has 0 spiro atoms. The van der Waals surface area contributed by atoms with Crippen LogP contribution in [-0.4, -0.2) is 29.8 Å². The van der Waals surface area contributed by atoms with Crippen molar-refractivity contribution in [1.82, 2.24) is 10.2 Å². The summed E-state index contributed by atoms with van der Waals surface area (Å²) in [6.45, 7) is 6.41. The highest BCUT2D eigenvalue weighted by atomic mass is 16.2. The monoisotopic (exact) mass is 352 g/mol. The Morgan fingerprint density at radius 1 is 0.923 bits per heavy atom. The summed E-state index contributed by atoms with van der Waals surface area (Å²) in [6.07, 6.45) is 0.866. The van der Waals surface area contributed by atoms with Crippen LogP contribution in [0.2, 0.25) is 0 Å². The minimum absolute atomic E-state index is 0.0371. The van der Waals surface area contributed by atoms with E-state index >= 15 is 0 Å². The van der Waals surface area contributed by atoms with Crippen molar-refractivity contribution in [3.05, 3.63) is 70.8 Å². The molecule has 0 aromatic heterocycles. The standard InChI is InChI=1S/C22H28N2O2/c1-5-20(22(26)23-4)24(15-19-12-8-17(3)9-13-19)21(25)14-18-10-6-16(2)7-11-18/h6-13,20H,5,14-15H2,1-4H3,(H,23,26). The Labute approximate surface area is 156 Å². The quantitative estimate of drug-likeness (QED) is 0.830. The van der Waals surface area contributed by atoms with Crippen molar-refractivity contribution in [3.8, 4) is 0 Å². The molecule has 1 unspecified atom stereocenters. The highest BCUT2D eigenvalue weighted by Gasteiger charge is 2.27. The van der Waals surface area contributed by atoms with Crippen LogP contribution in [0.4, 0.5) is 0 Å². The maximum absolute atomic E-state index is 13.0. The van der Waals surface area contributed by atoms with E-state index < -0.39 is 6.04 Å². The molecule has 4 nitrogen and oxygen atoms in total. The lowest BCUT2D eigenvalue weighted by atomic mass is 10.1. The first-order valence-electron chi connectivity index (χ1n) is 9.06. The summed E-state index contributed by atoms with van der Waals surface area (Å²) in [5, 5.41) is 2.68. The third kappa shape index (κ3) is 5.19. The average molecular weight is 352 g/mol. The number of carbonyl (C=O) groups excluding carboxylic acids is 2. The van der Waals surface area contributed by atoms with Crippen molar-refractivity contribution < 1.29 is 9.59 Å². The Kier molecular flexibility index (Phi) is 6.96. The number of likely N-dealkylation sites (N-methyl/N-ethyl adjacent to an activating group) is 1. The van der Waals surface area contributed by atoms with Gasteiger partial charge in [-0.25, -0.2) is 0 Å². The third-order valence-electron chi connectivity index (χ3n) is 4.58. The second-order valence-electron chi connectivity index (χ2n) is 6.71. The predicted molar refractivity (Wildman–Crippen MR) is 105 cm³/mol. The summed E-state index contributed by atoms with van der Waals surface area (Å²) in [4.78, 5) is 27.1. The lowest BCUT2D eigenvalue weighted by Crippen LogP contribution is -2.48. The molecule has 0 aliphatic carbocycles. The number of hydrogen-bond acceptors (Lipinski definition) is 2. The van der Waals surface area contributed by atoms with Crippen LogP contribution < -0.4 is 5.32 Å². The van der Waals surface area contributed by atoms with Gasteiger partial charge in [-0.05, 0) is 31.4 Å². The largest absolute Gasteiger partial charge is 0.357 e. The molecular weight excluding hydrogens is 324 g/mol. The molecule has 0 saturated carbocycles. The van der Waals surface area contributed by atoms with Crippen LogP contribution in [0.3, 0.4) is 0 Å². The molecular formula is C22H28N2O2. The molecule has 2 aromatic carbocycles. The summed E-state index contributed by atoms with van der Waals surface area (Å²) in [5.41, 5.74) is 4.32. The predicted octanol–water partition coefficient (Wildman–Crippen LogP) is 3.40. The van der Waals surface area contributed by atoms with Crippen molar-refractivity contribution in [2.24, 2.45) is 0 Å². The Hall–Kier alpha value is -2.62. The van der Waals surface area contributed by atoms with Crippen LogP contribution in [0, 0.1) is 13.8 Å². The van der Waals surface area contributed by atoms with Gasteiger partial charge in [0.25, 0.3) is 0 Å². The van der Waals surface area contributed by atoms with Gasteiger partial charge < -0.3 is 10.2 Å². The third-order valence-corrected chi connectivity index (χ3v) is 4.58. The first-order valence-corrected chi connectivity index (χ1v) is 9.06. The molecule has 0 fully saturated rings. The number of rotatable bonds is 7. The van der Waals surface area contributed by atoms with Crippen LogP contribution in [0.5, 0.6) is 0 Å². The van der Waals surface area contributed by atoms with Gasteiger partial charge in [0.15, 0.2) is 0 Å². The molecule has 1 atom stereocenters. The van der Waals surface area contributed by atoms with E-state index in [4.69, 9.17) is 0 Å². The van der Waals surface area contributed by atoms with Gasteiger partial charge in [0, 0.05) is 13.6 Å². The molecule has 2 rings (SSSR count). The number of aryl methyl sites for hydroxylation is 2. The van der Waals surface area contributed by atoms with Crippen molar-refractivity contribution in [2.75, 3.05) is 7.05 Å². The Morgan fingerprint density at radius 3 is 1.88 bits per heavy atom. The molecule has 0 aliphatic rings.